The SMILES string of the molecule is C.C.CS(=O)(=O)N1CCNCC1.C[C@]12CC[C@H]3[C@@H](CC[C@H]4C[C@@](O)(CF)CC[C@@H]43)[C@@H]1CC[C@@H]2C(=O)CBr.C[C@]12CC[C@H]3[C@@H](CC[C@H]4C[C@@](O)(CF)CC[C@@H]43)[C@@H]1CC[C@@H]2C(=O)CN1CCN(S(C)(=O)=O)CC1.O=CO[O-].[H-].[K+].[K+]. The second kappa shape index (κ2) is 31.1. The third-order valence-corrected chi connectivity index (χ3v) is 24.5. The topological polar surface area (TPSA) is 214 Å². The molecule has 2 saturated heterocycles. The number of fused-ring (bicyclic) bond motifs is 10. The van der Waals surface area contributed by atoms with Crippen LogP contribution in [0.3, 0.4) is 0 Å². The fraction of sp³-hybridized carbons (Fsp3) is 0.945. The summed E-state index contributed by atoms with van der Waals surface area (Å²) in [5.74, 6) is 7.56. The number of nitrogens with zero attached hydrogens (tertiary/aromatic N) is 3. The van der Waals surface area contributed by atoms with E-state index in [0.29, 0.717) is 136 Å². The van der Waals surface area contributed by atoms with E-state index in [9.17, 15) is 45.4 Å². The Morgan fingerprint density at radius 3 is 1.39 bits per heavy atom. The summed E-state index contributed by atoms with van der Waals surface area (Å²) in [4.78, 5) is 39.4. The molecular formula is C55H97BrF2K2N4O11S2. The summed E-state index contributed by atoms with van der Waals surface area (Å²) in [6, 6.07) is 0. The zero-order valence-corrected chi connectivity index (χ0v) is 55.5. The minimum atomic E-state index is -3.16. The van der Waals surface area contributed by atoms with Crippen LogP contribution in [-0.2, 0) is 39.3 Å². The predicted molar refractivity (Wildman–Crippen MR) is 291 cm³/mol. The quantitative estimate of drug-likeness (QED) is 0.0906. The number of carbonyl (C=O) groups is 3. The van der Waals surface area contributed by atoms with E-state index < -0.39 is 44.6 Å². The number of piperazine rings is 2. The summed E-state index contributed by atoms with van der Waals surface area (Å²) in [5, 5.41) is 33.0. The first kappa shape index (κ1) is 73.3. The Bertz CT molecular complexity index is 2140. The van der Waals surface area contributed by atoms with Gasteiger partial charge in [0.1, 0.15) is 24.9 Å². The minimum absolute atomic E-state index is 0. The maximum Gasteiger partial charge on any atom is 1.00 e. The number of hydrogen-bond acceptors (Lipinski definition) is 13. The largest absolute Gasteiger partial charge is 1.00 e. The summed E-state index contributed by atoms with van der Waals surface area (Å²) in [7, 11) is -6.09. The molecule has 0 aromatic rings. The zero-order chi connectivity index (χ0) is 53.1. The molecule has 15 nitrogen and oxygen atoms in total. The molecule has 77 heavy (non-hydrogen) atoms. The second-order valence-corrected chi connectivity index (χ2v) is 29.6. The third kappa shape index (κ3) is 17.0. The van der Waals surface area contributed by atoms with Crippen LogP contribution < -0.4 is 113 Å². The van der Waals surface area contributed by atoms with Gasteiger partial charge in [-0.15, -0.1) is 0 Å². The van der Waals surface area contributed by atoms with Crippen molar-refractivity contribution in [2.45, 2.75) is 155 Å². The summed E-state index contributed by atoms with van der Waals surface area (Å²) in [6.07, 6.45) is 20.8. The number of rotatable bonds is 10. The van der Waals surface area contributed by atoms with Crippen molar-refractivity contribution < 1.29 is 165 Å². The monoisotopic (exact) mass is 1250 g/mol. The van der Waals surface area contributed by atoms with Crippen molar-refractivity contribution in [3.8, 4) is 0 Å². The Morgan fingerprint density at radius 2 is 1.03 bits per heavy atom. The number of Topliss-reactive ketones (excluding diaryl/α,β-unsaturated/α-hetero) is 2. The zero-order valence-electron chi connectivity index (χ0n) is 47.1. The standard InChI is InChI=1S/C26H43FN2O4S.C21H32BrFO2.C5H12N2O2S.CH2O3.2CH4.2K.H/c1-25-9-7-20-19-8-10-26(31,17-27)15-18(19)3-4-21(20)22(25)5-6-23(25)24(30)16-28-11-13-29(14-12-28)34(2,32)33;1-20-8-6-15-14-7-9-21(25,12-23)10-13(14)2-3-16(15)17(20)4-5-18(20)19(24)11-22;1-10(8,9)7-4-2-6-3-5-7;2-1-4-3;;;;;/h18-23,31H,3-17H2,1-2H3;13-18,25H,2-12H2,1H3;6H,2-5H2,1H3;1,3H;2*1H4;;;/q;;;;;;2*+1;-1/p-1/t18-,19-,20+,21+,22-,23+,25-,26+;13-,14-,15+,16+,17-,18+,20-,21+;;;;;;;/m00......./s1. The van der Waals surface area contributed by atoms with Crippen LogP contribution in [0.25, 0.3) is 0 Å². The molecule has 0 bridgehead atoms. The van der Waals surface area contributed by atoms with E-state index >= 15 is 0 Å². The van der Waals surface area contributed by atoms with E-state index in [2.05, 4.69) is 44.9 Å². The Morgan fingerprint density at radius 1 is 0.636 bits per heavy atom. The smallest absolute Gasteiger partial charge is 1.00 e. The third-order valence-electron chi connectivity index (χ3n) is 21.4. The summed E-state index contributed by atoms with van der Waals surface area (Å²) < 4.78 is 75.0. The number of halogens is 3. The first-order chi connectivity index (χ1) is 34.5. The van der Waals surface area contributed by atoms with Gasteiger partial charge in [-0.3, -0.25) is 19.3 Å². The van der Waals surface area contributed by atoms with Crippen molar-refractivity contribution in [2.24, 2.45) is 81.8 Å². The average molecular weight is 1250 g/mol. The molecule has 438 valence electrons. The number of hydrogen-bond donors (Lipinski definition) is 3. The molecule has 2 aliphatic heterocycles. The molecule has 8 saturated carbocycles. The molecule has 0 unspecified atom stereocenters. The predicted octanol–water partition coefficient (Wildman–Crippen LogP) is 0.700. The molecule has 0 aromatic carbocycles. The number of nitrogens with one attached hydrogen (secondary N) is 1. The molecule has 0 amide bonds. The van der Waals surface area contributed by atoms with Crippen LogP contribution in [0.4, 0.5) is 8.78 Å². The molecule has 2 heterocycles. The van der Waals surface area contributed by atoms with Gasteiger partial charge in [-0.2, -0.15) is 8.61 Å². The number of alkyl halides is 3. The van der Waals surface area contributed by atoms with Crippen molar-refractivity contribution in [3.63, 3.8) is 0 Å². The van der Waals surface area contributed by atoms with Crippen LogP contribution >= 0.6 is 15.9 Å². The molecular weight excluding hydrogens is 1150 g/mol. The van der Waals surface area contributed by atoms with Crippen LogP contribution in [-0.4, -0.2) is 160 Å². The number of sulfonamides is 2. The van der Waals surface area contributed by atoms with E-state index in [0.717, 1.165) is 76.3 Å². The van der Waals surface area contributed by atoms with Gasteiger partial charge >= 0.3 is 103 Å². The van der Waals surface area contributed by atoms with Crippen molar-refractivity contribution in [2.75, 3.05) is 90.1 Å². The van der Waals surface area contributed by atoms with Gasteiger partial charge in [0.25, 0.3) is 6.47 Å². The van der Waals surface area contributed by atoms with Crippen LogP contribution in [0.15, 0.2) is 0 Å². The first-order valence-electron chi connectivity index (χ1n) is 27.7. The Hall–Kier alpha value is 2.04. The summed E-state index contributed by atoms with van der Waals surface area (Å²) in [6.45, 7) is 8.81. The van der Waals surface area contributed by atoms with Gasteiger partial charge in [-0.25, -0.2) is 25.6 Å². The first-order valence-corrected chi connectivity index (χ1v) is 32.5. The van der Waals surface area contributed by atoms with Crippen LogP contribution in [0, 0.1) is 81.8 Å². The normalized spacial score (nSPS) is 40.4. The van der Waals surface area contributed by atoms with Gasteiger partial charge in [0.2, 0.25) is 20.0 Å². The van der Waals surface area contributed by atoms with Crippen molar-refractivity contribution >= 4 is 54.0 Å². The fourth-order valence-electron chi connectivity index (χ4n) is 17.8. The average Bonchev–Trinajstić information content (AvgIpc) is 3.93. The Labute approximate surface area is 557 Å². The molecule has 3 N–H and O–H groups in total. The molecule has 0 radical (unpaired) electrons. The molecule has 22 heteroatoms. The molecule has 10 fully saturated rings. The van der Waals surface area contributed by atoms with E-state index in [4.69, 9.17) is 10.1 Å². The second-order valence-electron chi connectivity index (χ2n) is 25.0. The number of aliphatic hydroxyl groups is 2. The maximum atomic E-state index is 13.5. The minimum Gasteiger partial charge on any atom is -1.00 e. The van der Waals surface area contributed by atoms with E-state index in [1.54, 1.807) is 0 Å². The molecule has 8 aliphatic carbocycles. The van der Waals surface area contributed by atoms with Gasteiger partial charge in [0.15, 0.2) is 0 Å². The van der Waals surface area contributed by atoms with E-state index in [1.165, 1.54) is 59.6 Å². The molecule has 0 aromatic heterocycles. The van der Waals surface area contributed by atoms with Gasteiger partial charge in [0.05, 0.1) is 35.6 Å². The van der Waals surface area contributed by atoms with Crippen molar-refractivity contribution in [1.29, 1.82) is 0 Å². The molecule has 10 rings (SSSR count). The number of ketones is 2. The van der Waals surface area contributed by atoms with Crippen LogP contribution in [0.2, 0.25) is 0 Å². The van der Waals surface area contributed by atoms with Crippen LogP contribution in [0.5, 0.6) is 0 Å². The van der Waals surface area contributed by atoms with Gasteiger partial charge in [-0.05, 0) is 186 Å². The molecule has 16 atom stereocenters. The van der Waals surface area contributed by atoms with E-state index in [1.807, 2.05) is 0 Å². The van der Waals surface area contributed by atoms with Crippen molar-refractivity contribution in [1.82, 2.24) is 18.8 Å². The summed E-state index contributed by atoms with van der Waals surface area (Å²) >= 11 is 3.39. The van der Waals surface area contributed by atoms with Crippen molar-refractivity contribution in [3.05, 3.63) is 0 Å². The maximum absolute atomic E-state index is 13.5. The summed E-state index contributed by atoms with van der Waals surface area (Å²) in [5.41, 5.74) is -1.85. The Balaban J connectivity index is 0.000000416. The molecule has 0 spiro atoms. The van der Waals surface area contributed by atoms with E-state index in [-0.39, 0.29) is 148 Å². The van der Waals surface area contributed by atoms with Gasteiger partial charge in [-0.1, -0.05) is 44.6 Å². The Kier molecular flexibility index (Phi) is 29.6. The number of carbonyl (C=O) groups excluding carboxylic acids is 3. The van der Waals surface area contributed by atoms with Gasteiger partial charge in [0, 0.05) is 64.2 Å². The van der Waals surface area contributed by atoms with Crippen LogP contribution in [0.1, 0.15) is 146 Å². The fourth-order valence-corrected chi connectivity index (χ4v) is 19.9. The molecule has 10 aliphatic rings. The van der Waals surface area contributed by atoms with Gasteiger partial charge < -0.3 is 27.1 Å².